The first-order valence-electron chi connectivity index (χ1n) is 7.32. The van der Waals surface area contributed by atoms with E-state index in [1.54, 1.807) is 0 Å². The molecule has 0 bridgehead atoms. The summed E-state index contributed by atoms with van der Waals surface area (Å²) in [6.07, 6.45) is 1.91. The third-order valence-electron chi connectivity index (χ3n) is 3.87. The number of para-hydroxylation sites is 1. The summed E-state index contributed by atoms with van der Waals surface area (Å²) in [5.41, 5.74) is 6.03. The van der Waals surface area contributed by atoms with Crippen LogP contribution in [0, 0.1) is 13.8 Å². The molecule has 0 aliphatic carbocycles. The van der Waals surface area contributed by atoms with E-state index in [2.05, 4.69) is 61.4 Å². The van der Waals surface area contributed by atoms with Crippen LogP contribution in [0.5, 0.6) is 0 Å². The summed E-state index contributed by atoms with van der Waals surface area (Å²) in [6, 6.07) is 17.2. The largest absolute Gasteiger partial charge is 0.377 e. The molecule has 3 aromatic rings. The van der Waals surface area contributed by atoms with Crippen LogP contribution in [0.2, 0.25) is 0 Å². The number of nitrogens with zero attached hydrogens (tertiary/aromatic N) is 1. The standard InChI is InChI=1S/C19H20N2/c1-13-8-9-14(2)18(10-13)15(3)21-17-11-16-6-4-5-7-19(16)20-12-17/h4-12,15,21H,1-3H3. The van der Waals surface area contributed by atoms with Crippen molar-refractivity contribution in [2.75, 3.05) is 5.32 Å². The van der Waals surface area contributed by atoms with Gasteiger partial charge in [-0.2, -0.15) is 0 Å². The minimum Gasteiger partial charge on any atom is -0.377 e. The van der Waals surface area contributed by atoms with E-state index < -0.39 is 0 Å². The first-order chi connectivity index (χ1) is 10.1. The lowest BCUT2D eigenvalue weighted by Crippen LogP contribution is -2.08. The number of aryl methyl sites for hydroxylation is 2. The average Bonchev–Trinajstić information content (AvgIpc) is 2.49. The molecule has 1 aromatic heterocycles. The zero-order valence-corrected chi connectivity index (χ0v) is 12.7. The highest BCUT2D eigenvalue weighted by molar-refractivity contribution is 5.81. The molecule has 0 saturated heterocycles. The van der Waals surface area contributed by atoms with Crippen molar-refractivity contribution in [1.29, 1.82) is 0 Å². The van der Waals surface area contributed by atoms with Crippen molar-refractivity contribution in [3.05, 3.63) is 71.4 Å². The minimum absolute atomic E-state index is 0.257. The van der Waals surface area contributed by atoms with Crippen LogP contribution in [-0.2, 0) is 0 Å². The number of aromatic nitrogens is 1. The second-order valence-electron chi connectivity index (χ2n) is 5.64. The fourth-order valence-electron chi connectivity index (χ4n) is 2.70. The van der Waals surface area contributed by atoms with Gasteiger partial charge in [0.2, 0.25) is 0 Å². The second kappa shape index (κ2) is 5.57. The summed E-state index contributed by atoms with van der Waals surface area (Å²) >= 11 is 0. The maximum Gasteiger partial charge on any atom is 0.0703 e. The molecule has 1 atom stereocenters. The second-order valence-corrected chi connectivity index (χ2v) is 5.64. The van der Waals surface area contributed by atoms with Gasteiger partial charge in [-0.05, 0) is 44.0 Å². The fourth-order valence-corrected chi connectivity index (χ4v) is 2.70. The smallest absolute Gasteiger partial charge is 0.0703 e. The third-order valence-corrected chi connectivity index (χ3v) is 3.87. The van der Waals surface area contributed by atoms with Crippen LogP contribution >= 0.6 is 0 Å². The van der Waals surface area contributed by atoms with Crippen LogP contribution < -0.4 is 5.32 Å². The van der Waals surface area contributed by atoms with E-state index in [-0.39, 0.29) is 6.04 Å². The maximum atomic E-state index is 4.51. The van der Waals surface area contributed by atoms with Crippen LogP contribution in [0.15, 0.2) is 54.7 Å². The summed E-state index contributed by atoms with van der Waals surface area (Å²) in [4.78, 5) is 4.51. The summed E-state index contributed by atoms with van der Waals surface area (Å²) in [6.45, 7) is 6.48. The number of hydrogen-bond acceptors (Lipinski definition) is 2. The Morgan fingerprint density at radius 1 is 1.00 bits per heavy atom. The van der Waals surface area contributed by atoms with Gasteiger partial charge in [0.25, 0.3) is 0 Å². The quantitative estimate of drug-likeness (QED) is 0.726. The third kappa shape index (κ3) is 2.89. The van der Waals surface area contributed by atoms with Gasteiger partial charge in [0.15, 0.2) is 0 Å². The fraction of sp³-hybridized carbons (Fsp3) is 0.211. The highest BCUT2D eigenvalue weighted by Crippen LogP contribution is 2.24. The van der Waals surface area contributed by atoms with Crippen molar-refractivity contribution in [1.82, 2.24) is 4.98 Å². The van der Waals surface area contributed by atoms with Crippen molar-refractivity contribution in [3.63, 3.8) is 0 Å². The Morgan fingerprint density at radius 2 is 1.81 bits per heavy atom. The SMILES string of the molecule is Cc1ccc(C)c(C(C)Nc2cnc3ccccc3c2)c1. The van der Waals surface area contributed by atoms with Gasteiger partial charge in [-0.3, -0.25) is 4.98 Å². The molecule has 2 nitrogen and oxygen atoms in total. The molecule has 21 heavy (non-hydrogen) atoms. The van der Waals surface area contributed by atoms with E-state index in [0.717, 1.165) is 16.6 Å². The summed E-state index contributed by atoms with van der Waals surface area (Å²) in [5, 5.41) is 4.72. The topological polar surface area (TPSA) is 24.9 Å². The molecule has 3 rings (SSSR count). The van der Waals surface area contributed by atoms with E-state index in [9.17, 15) is 0 Å². The first-order valence-corrected chi connectivity index (χ1v) is 7.32. The summed E-state index contributed by atoms with van der Waals surface area (Å²) in [7, 11) is 0. The Morgan fingerprint density at radius 3 is 2.67 bits per heavy atom. The van der Waals surface area contributed by atoms with E-state index >= 15 is 0 Å². The van der Waals surface area contributed by atoms with Gasteiger partial charge >= 0.3 is 0 Å². The number of benzene rings is 2. The molecule has 106 valence electrons. The van der Waals surface area contributed by atoms with Gasteiger partial charge in [-0.1, -0.05) is 42.0 Å². The Labute approximate surface area is 125 Å². The lowest BCUT2D eigenvalue weighted by atomic mass is 10.00. The van der Waals surface area contributed by atoms with Crippen molar-refractivity contribution < 1.29 is 0 Å². The predicted octanol–water partition coefficient (Wildman–Crippen LogP) is 5.02. The van der Waals surface area contributed by atoms with E-state index in [4.69, 9.17) is 0 Å². The molecule has 0 spiro atoms. The molecule has 0 amide bonds. The van der Waals surface area contributed by atoms with Crippen LogP contribution in [0.3, 0.4) is 0 Å². The Kier molecular flexibility index (Phi) is 3.61. The van der Waals surface area contributed by atoms with Crippen molar-refractivity contribution in [2.45, 2.75) is 26.8 Å². The normalized spacial score (nSPS) is 12.3. The van der Waals surface area contributed by atoms with Crippen LogP contribution in [0.4, 0.5) is 5.69 Å². The molecule has 2 aromatic carbocycles. The highest BCUT2D eigenvalue weighted by Gasteiger charge is 2.09. The first kappa shape index (κ1) is 13.6. The maximum absolute atomic E-state index is 4.51. The lowest BCUT2D eigenvalue weighted by molar-refractivity contribution is 0.871. The van der Waals surface area contributed by atoms with Crippen molar-refractivity contribution in [2.24, 2.45) is 0 Å². The number of rotatable bonds is 3. The highest BCUT2D eigenvalue weighted by atomic mass is 14.9. The van der Waals surface area contributed by atoms with Gasteiger partial charge in [0.1, 0.15) is 0 Å². The molecule has 0 aliphatic rings. The Bertz CT molecular complexity index is 777. The van der Waals surface area contributed by atoms with Gasteiger partial charge < -0.3 is 5.32 Å². The van der Waals surface area contributed by atoms with Crippen LogP contribution in [0.1, 0.15) is 29.7 Å². The van der Waals surface area contributed by atoms with Gasteiger partial charge in [0.05, 0.1) is 17.4 Å². The zero-order chi connectivity index (χ0) is 14.8. The molecule has 2 heteroatoms. The number of pyridine rings is 1. The van der Waals surface area contributed by atoms with Gasteiger partial charge in [0, 0.05) is 11.4 Å². The lowest BCUT2D eigenvalue weighted by Gasteiger charge is -2.18. The summed E-state index contributed by atoms with van der Waals surface area (Å²) < 4.78 is 0. The Balaban J connectivity index is 1.88. The molecule has 0 aliphatic heterocycles. The molecule has 0 radical (unpaired) electrons. The predicted molar refractivity (Wildman–Crippen MR) is 89.7 cm³/mol. The number of fused-ring (bicyclic) bond motifs is 1. The monoisotopic (exact) mass is 276 g/mol. The number of anilines is 1. The summed E-state index contributed by atoms with van der Waals surface area (Å²) in [5.74, 6) is 0. The van der Waals surface area contributed by atoms with Crippen molar-refractivity contribution in [3.8, 4) is 0 Å². The number of hydrogen-bond donors (Lipinski definition) is 1. The molecular formula is C19H20N2. The minimum atomic E-state index is 0.257. The van der Waals surface area contributed by atoms with Crippen molar-refractivity contribution >= 4 is 16.6 Å². The molecule has 1 N–H and O–H groups in total. The average molecular weight is 276 g/mol. The molecule has 0 saturated carbocycles. The number of nitrogens with one attached hydrogen (secondary N) is 1. The molecule has 1 unspecified atom stereocenters. The van der Waals surface area contributed by atoms with Gasteiger partial charge in [-0.25, -0.2) is 0 Å². The molecular weight excluding hydrogens is 256 g/mol. The van der Waals surface area contributed by atoms with Crippen LogP contribution in [0.25, 0.3) is 10.9 Å². The molecule has 1 heterocycles. The zero-order valence-electron chi connectivity index (χ0n) is 12.7. The van der Waals surface area contributed by atoms with E-state index in [1.807, 2.05) is 24.4 Å². The van der Waals surface area contributed by atoms with Crippen LogP contribution in [-0.4, -0.2) is 4.98 Å². The van der Waals surface area contributed by atoms with E-state index in [0.29, 0.717) is 0 Å². The Hall–Kier alpha value is -2.35. The van der Waals surface area contributed by atoms with E-state index in [1.165, 1.54) is 16.7 Å². The van der Waals surface area contributed by atoms with Gasteiger partial charge in [-0.15, -0.1) is 0 Å². The molecule has 0 fully saturated rings.